The quantitative estimate of drug-likeness (QED) is 0.911. The van der Waals surface area contributed by atoms with E-state index in [1.54, 1.807) is 24.4 Å². The molecule has 2 N–H and O–H groups in total. The number of phenols is 1. The first-order valence-electron chi connectivity index (χ1n) is 7.82. The number of benzene rings is 1. The fourth-order valence-corrected chi connectivity index (χ4v) is 2.71. The van der Waals surface area contributed by atoms with Crippen molar-refractivity contribution in [2.24, 2.45) is 0 Å². The van der Waals surface area contributed by atoms with Crippen LogP contribution < -0.4 is 10.2 Å². The Morgan fingerprint density at radius 2 is 2.04 bits per heavy atom. The molecule has 0 bridgehead atoms. The van der Waals surface area contributed by atoms with E-state index in [0.29, 0.717) is 22.9 Å². The number of piperidine rings is 1. The van der Waals surface area contributed by atoms with Crippen molar-refractivity contribution in [3.8, 4) is 5.75 Å². The second-order valence-corrected chi connectivity index (χ2v) is 5.72. The summed E-state index contributed by atoms with van der Waals surface area (Å²) in [6, 6.07) is 6.44. The highest BCUT2D eigenvalue weighted by Crippen LogP contribution is 2.19. The van der Waals surface area contributed by atoms with Crippen LogP contribution in [0.4, 0.5) is 11.6 Å². The summed E-state index contributed by atoms with van der Waals surface area (Å²) in [7, 11) is 0. The maximum absolute atomic E-state index is 12.3. The molecule has 1 saturated heterocycles. The van der Waals surface area contributed by atoms with Gasteiger partial charge in [-0.25, -0.2) is 9.97 Å². The van der Waals surface area contributed by atoms with Crippen LogP contribution in [0, 0.1) is 6.92 Å². The number of amides is 1. The van der Waals surface area contributed by atoms with Crippen LogP contribution in [0.2, 0.25) is 0 Å². The molecule has 23 heavy (non-hydrogen) atoms. The van der Waals surface area contributed by atoms with Crippen LogP contribution in [0.15, 0.2) is 30.5 Å². The summed E-state index contributed by atoms with van der Waals surface area (Å²) >= 11 is 0. The maximum atomic E-state index is 12.3. The van der Waals surface area contributed by atoms with Gasteiger partial charge in [-0.1, -0.05) is 6.07 Å². The number of hydrogen-bond donors (Lipinski definition) is 2. The van der Waals surface area contributed by atoms with Crippen molar-refractivity contribution in [3.05, 3.63) is 41.7 Å². The Morgan fingerprint density at radius 1 is 1.26 bits per heavy atom. The van der Waals surface area contributed by atoms with E-state index in [0.717, 1.165) is 25.9 Å². The van der Waals surface area contributed by atoms with Crippen LogP contribution in [-0.2, 0) is 0 Å². The Bertz CT molecular complexity index is 711. The van der Waals surface area contributed by atoms with Crippen molar-refractivity contribution in [1.29, 1.82) is 0 Å². The van der Waals surface area contributed by atoms with Gasteiger partial charge in [0, 0.05) is 31.0 Å². The normalized spacial score (nSPS) is 14.6. The number of aromatic hydroxyl groups is 1. The molecule has 0 aliphatic carbocycles. The number of aryl methyl sites for hydroxylation is 1. The number of hydrogen-bond acceptors (Lipinski definition) is 5. The van der Waals surface area contributed by atoms with Crippen molar-refractivity contribution in [3.63, 3.8) is 0 Å². The molecule has 2 aromatic rings. The lowest BCUT2D eigenvalue weighted by Gasteiger charge is -2.26. The van der Waals surface area contributed by atoms with Gasteiger partial charge in [-0.05, 0) is 38.3 Å². The van der Waals surface area contributed by atoms with E-state index in [-0.39, 0.29) is 11.7 Å². The molecule has 0 saturated carbocycles. The summed E-state index contributed by atoms with van der Waals surface area (Å²) in [5, 5.41) is 12.2. The molecular formula is C17H20N4O2. The molecule has 1 amide bonds. The SMILES string of the molecule is Cc1nc(N2CCCCC2)ncc1C(=O)Nc1cccc(O)c1. The van der Waals surface area contributed by atoms with Gasteiger partial charge in [0.05, 0.1) is 11.3 Å². The summed E-state index contributed by atoms with van der Waals surface area (Å²) in [5.41, 5.74) is 1.63. The van der Waals surface area contributed by atoms with Gasteiger partial charge in [-0.2, -0.15) is 0 Å². The smallest absolute Gasteiger partial charge is 0.259 e. The molecule has 6 heteroatoms. The molecule has 0 unspecified atom stereocenters. The fraction of sp³-hybridized carbons (Fsp3) is 0.353. The number of phenolic OH excluding ortho intramolecular Hbond substituents is 1. The summed E-state index contributed by atoms with van der Waals surface area (Å²) < 4.78 is 0. The van der Waals surface area contributed by atoms with Gasteiger partial charge in [-0.15, -0.1) is 0 Å². The van der Waals surface area contributed by atoms with Crippen LogP contribution in [0.3, 0.4) is 0 Å². The van der Waals surface area contributed by atoms with Gasteiger partial charge in [0.2, 0.25) is 5.95 Å². The third-order valence-corrected chi connectivity index (χ3v) is 3.95. The largest absolute Gasteiger partial charge is 0.508 e. The average Bonchev–Trinajstić information content (AvgIpc) is 2.55. The molecule has 0 atom stereocenters. The van der Waals surface area contributed by atoms with E-state index in [4.69, 9.17) is 0 Å². The topological polar surface area (TPSA) is 78.4 Å². The number of anilines is 2. The number of rotatable bonds is 3. The summed E-state index contributed by atoms with van der Waals surface area (Å²) in [6.45, 7) is 3.75. The van der Waals surface area contributed by atoms with Crippen molar-refractivity contribution in [2.45, 2.75) is 26.2 Å². The van der Waals surface area contributed by atoms with Gasteiger partial charge in [0.25, 0.3) is 5.91 Å². The zero-order valence-electron chi connectivity index (χ0n) is 13.1. The molecule has 0 spiro atoms. The molecule has 1 aliphatic heterocycles. The number of nitrogens with zero attached hydrogens (tertiary/aromatic N) is 3. The molecule has 6 nitrogen and oxygen atoms in total. The van der Waals surface area contributed by atoms with Gasteiger partial charge >= 0.3 is 0 Å². The minimum absolute atomic E-state index is 0.108. The minimum Gasteiger partial charge on any atom is -0.508 e. The first-order valence-corrected chi connectivity index (χ1v) is 7.82. The van der Waals surface area contributed by atoms with E-state index < -0.39 is 0 Å². The van der Waals surface area contributed by atoms with E-state index in [2.05, 4.69) is 20.2 Å². The Balaban J connectivity index is 1.75. The van der Waals surface area contributed by atoms with Gasteiger partial charge < -0.3 is 15.3 Å². The van der Waals surface area contributed by atoms with Crippen molar-refractivity contribution < 1.29 is 9.90 Å². The molecule has 1 aromatic heterocycles. The lowest BCUT2D eigenvalue weighted by Crippen LogP contribution is -2.31. The van der Waals surface area contributed by atoms with Gasteiger partial charge in [0.1, 0.15) is 5.75 Å². The lowest BCUT2D eigenvalue weighted by atomic mass is 10.1. The third kappa shape index (κ3) is 3.59. The monoisotopic (exact) mass is 312 g/mol. The maximum Gasteiger partial charge on any atom is 0.259 e. The molecule has 1 aliphatic rings. The fourth-order valence-electron chi connectivity index (χ4n) is 2.71. The number of carbonyl (C=O) groups is 1. The first-order chi connectivity index (χ1) is 11.1. The Kier molecular flexibility index (Phi) is 4.41. The summed E-state index contributed by atoms with van der Waals surface area (Å²) in [6.07, 6.45) is 5.13. The van der Waals surface area contributed by atoms with E-state index in [1.807, 2.05) is 6.92 Å². The second kappa shape index (κ2) is 6.64. The average molecular weight is 312 g/mol. The zero-order chi connectivity index (χ0) is 16.2. The highest BCUT2D eigenvalue weighted by atomic mass is 16.3. The number of carbonyl (C=O) groups excluding carboxylic acids is 1. The molecule has 2 heterocycles. The number of nitrogens with one attached hydrogen (secondary N) is 1. The van der Waals surface area contributed by atoms with Crippen LogP contribution >= 0.6 is 0 Å². The standard InChI is InChI=1S/C17H20N4O2/c1-12-15(16(23)20-13-6-5-7-14(22)10-13)11-18-17(19-12)21-8-3-2-4-9-21/h5-7,10-11,22H,2-4,8-9H2,1H3,(H,20,23). The van der Waals surface area contributed by atoms with Crippen LogP contribution in [0.1, 0.15) is 35.3 Å². The third-order valence-electron chi connectivity index (χ3n) is 3.95. The summed E-state index contributed by atoms with van der Waals surface area (Å²) in [4.78, 5) is 23.3. The highest BCUT2D eigenvalue weighted by molar-refractivity contribution is 6.04. The molecule has 1 aromatic carbocycles. The van der Waals surface area contributed by atoms with Crippen molar-refractivity contribution in [1.82, 2.24) is 9.97 Å². The Hall–Kier alpha value is -2.63. The van der Waals surface area contributed by atoms with E-state index in [1.165, 1.54) is 12.5 Å². The van der Waals surface area contributed by atoms with Crippen LogP contribution in [-0.4, -0.2) is 34.1 Å². The van der Waals surface area contributed by atoms with Crippen molar-refractivity contribution >= 4 is 17.5 Å². The van der Waals surface area contributed by atoms with E-state index >= 15 is 0 Å². The van der Waals surface area contributed by atoms with Crippen LogP contribution in [0.5, 0.6) is 5.75 Å². The Labute approximate surface area is 135 Å². The lowest BCUT2D eigenvalue weighted by molar-refractivity contribution is 0.102. The Morgan fingerprint density at radius 3 is 2.74 bits per heavy atom. The van der Waals surface area contributed by atoms with Gasteiger partial charge in [-0.3, -0.25) is 4.79 Å². The first kappa shape index (κ1) is 15.3. The number of aromatic nitrogens is 2. The zero-order valence-corrected chi connectivity index (χ0v) is 13.1. The van der Waals surface area contributed by atoms with E-state index in [9.17, 15) is 9.90 Å². The van der Waals surface area contributed by atoms with Crippen molar-refractivity contribution in [2.75, 3.05) is 23.3 Å². The predicted octanol–water partition coefficient (Wildman–Crippen LogP) is 2.73. The summed E-state index contributed by atoms with van der Waals surface area (Å²) in [5.74, 6) is 0.519. The highest BCUT2D eigenvalue weighted by Gasteiger charge is 2.17. The minimum atomic E-state index is -0.279. The van der Waals surface area contributed by atoms with Crippen LogP contribution in [0.25, 0.3) is 0 Å². The molecular weight excluding hydrogens is 292 g/mol. The predicted molar refractivity (Wildman–Crippen MR) is 88.9 cm³/mol. The molecule has 1 fully saturated rings. The van der Waals surface area contributed by atoms with Gasteiger partial charge in [0.15, 0.2) is 0 Å². The second-order valence-electron chi connectivity index (χ2n) is 5.72. The molecule has 120 valence electrons. The molecule has 3 rings (SSSR count). The molecule has 0 radical (unpaired) electrons.